The Labute approximate surface area is 196 Å². The second kappa shape index (κ2) is 12.9. The van der Waals surface area contributed by atoms with Gasteiger partial charge in [-0.1, -0.05) is 29.4 Å². The fourth-order valence-corrected chi connectivity index (χ4v) is 3.26. The SMILES string of the molecule is CCNC(=NCc1ccc(COC(C)C)cc1)N1CCN(Cc2ccon2)CC1.I. The number of hydrogen-bond donors (Lipinski definition) is 1. The maximum atomic E-state index is 5.66. The molecule has 1 N–H and O–H groups in total. The number of aliphatic imine (C=N–C) groups is 1. The zero-order chi connectivity index (χ0) is 20.5. The van der Waals surface area contributed by atoms with Crippen molar-refractivity contribution < 1.29 is 9.26 Å². The Kier molecular flexibility index (Phi) is 10.6. The van der Waals surface area contributed by atoms with E-state index in [1.807, 2.05) is 6.07 Å². The summed E-state index contributed by atoms with van der Waals surface area (Å²) >= 11 is 0. The Morgan fingerprint density at radius 1 is 1.13 bits per heavy atom. The van der Waals surface area contributed by atoms with E-state index in [1.54, 1.807) is 6.26 Å². The van der Waals surface area contributed by atoms with Gasteiger partial charge in [0.25, 0.3) is 0 Å². The molecule has 0 unspecified atom stereocenters. The summed E-state index contributed by atoms with van der Waals surface area (Å²) in [5, 5.41) is 7.45. The number of guanidine groups is 1. The average Bonchev–Trinajstić information content (AvgIpc) is 3.24. The molecule has 0 bridgehead atoms. The normalized spacial score (nSPS) is 15.3. The Bertz CT molecular complexity index is 741. The zero-order valence-corrected chi connectivity index (χ0v) is 20.5. The molecule has 1 aliphatic rings. The zero-order valence-electron chi connectivity index (χ0n) is 18.2. The van der Waals surface area contributed by atoms with Gasteiger partial charge in [0.2, 0.25) is 0 Å². The lowest BCUT2D eigenvalue weighted by Crippen LogP contribution is -2.52. The van der Waals surface area contributed by atoms with Gasteiger partial charge in [0.1, 0.15) is 6.26 Å². The molecule has 1 aromatic heterocycles. The first kappa shape index (κ1) is 24.6. The van der Waals surface area contributed by atoms with Crippen molar-refractivity contribution in [2.75, 3.05) is 32.7 Å². The number of aromatic nitrogens is 1. The predicted molar refractivity (Wildman–Crippen MR) is 130 cm³/mol. The van der Waals surface area contributed by atoms with Crippen LogP contribution in [0.3, 0.4) is 0 Å². The molecule has 0 atom stereocenters. The first-order valence-electron chi connectivity index (χ1n) is 10.5. The van der Waals surface area contributed by atoms with Gasteiger partial charge < -0.3 is 19.5 Å². The van der Waals surface area contributed by atoms with Crippen molar-refractivity contribution in [1.29, 1.82) is 0 Å². The minimum atomic E-state index is 0. The van der Waals surface area contributed by atoms with Gasteiger partial charge >= 0.3 is 0 Å². The lowest BCUT2D eigenvalue weighted by molar-refractivity contribution is 0.0657. The van der Waals surface area contributed by atoms with Crippen LogP contribution in [0.15, 0.2) is 46.1 Å². The Morgan fingerprint density at radius 3 is 2.43 bits per heavy atom. The third-order valence-electron chi connectivity index (χ3n) is 4.90. The quantitative estimate of drug-likeness (QED) is 0.322. The van der Waals surface area contributed by atoms with Crippen LogP contribution in [0.5, 0.6) is 0 Å². The molecule has 8 heteroatoms. The van der Waals surface area contributed by atoms with Crippen LogP contribution in [-0.2, 0) is 24.4 Å². The lowest BCUT2D eigenvalue weighted by Gasteiger charge is -2.36. The molecule has 0 radical (unpaired) electrons. The predicted octanol–water partition coefficient (Wildman–Crippen LogP) is 3.50. The van der Waals surface area contributed by atoms with Crippen molar-refractivity contribution in [2.45, 2.75) is 46.6 Å². The highest BCUT2D eigenvalue weighted by Gasteiger charge is 2.20. The van der Waals surface area contributed by atoms with Crippen molar-refractivity contribution in [3.63, 3.8) is 0 Å². The van der Waals surface area contributed by atoms with Gasteiger partial charge in [0.15, 0.2) is 5.96 Å². The molecule has 1 saturated heterocycles. The third-order valence-corrected chi connectivity index (χ3v) is 4.90. The Hall–Kier alpha value is -1.65. The molecule has 0 saturated carbocycles. The van der Waals surface area contributed by atoms with Gasteiger partial charge in [-0.25, -0.2) is 4.99 Å². The summed E-state index contributed by atoms with van der Waals surface area (Å²) in [4.78, 5) is 9.61. The van der Waals surface area contributed by atoms with Gasteiger partial charge in [0, 0.05) is 45.3 Å². The summed E-state index contributed by atoms with van der Waals surface area (Å²) in [6.07, 6.45) is 1.88. The van der Waals surface area contributed by atoms with Crippen molar-refractivity contribution in [2.24, 2.45) is 4.99 Å². The fourth-order valence-electron chi connectivity index (χ4n) is 3.26. The molecule has 1 fully saturated rings. The van der Waals surface area contributed by atoms with Crippen molar-refractivity contribution in [1.82, 2.24) is 20.3 Å². The minimum absolute atomic E-state index is 0. The first-order valence-corrected chi connectivity index (χ1v) is 10.5. The van der Waals surface area contributed by atoms with Crippen LogP contribution in [0.1, 0.15) is 37.6 Å². The number of hydrogen-bond acceptors (Lipinski definition) is 5. The maximum Gasteiger partial charge on any atom is 0.194 e. The van der Waals surface area contributed by atoms with Gasteiger partial charge in [-0.2, -0.15) is 0 Å². The summed E-state index contributed by atoms with van der Waals surface area (Å²) in [7, 11) is 0. The fraction of sp³-hybridized carbons (Fsp3) is 0.545. The van der Waals surface area contributed by atoms with Crippen molar-refractivity contribution in [3.05, 3.63) is 53.4 Å². The molecule has 3 rings (SSSR count). The number of nitrogens with zero attached hydrogens (tertiary/aromatic N) is 4. The summed E-state index contributed by atoms with van der Waals surface area (Å²) in [6, 6.07) is 10.5. The van der Waals surface area contributed by atoms with Crippen LogP contribution in [0.2, 0.25) is 0 Å². The standard InChI is InChI=1S/C22H33N5O2.HI/c1-4-23-22(24-15-19-5-7-20(8-6-19)17-28-18(2)3)27-12-10-26(11-13-27)16-21-9-14-29-25-21;/h5-9,14,18H,4,10-13,15-17H2,1-3H3,(H,23,24);1H. The van der Waals surface area contributed by atoms with Crippen LogP contribution < -0.4 is 5.32 Å². The number of benzene rings is 1. The van der Waals surface area contributed by atoms with Gasteiger partial charge in [0.05, 0.1) is 24.9 Å². The highest BCUT2D eigenvalue weighted by atomic mass is 127. The van der Waals surface area contributed by atoms with E-state index in [1.165, 1.54) is 11.1 Å². The number of piperazine rings is 1. The molecule has 1 aliphatic heterocycles. The number of nitrogens with one attached hydrogen (secondary N) is 1. The largest absolute Gasteiger partial charge is 0.374 e. The number of rotatable bonds is 8. The molecule has 2 aromatic rings. The average molecular weight is 527 g/mol. The van der Waals surface area contributed by atoms with Gasteiger partial charge in [-0.05, 0) is 31.9 Å². The van der Waals surface area contributed by atoms with Crippen LogP contribution in [-0.4, -0.2) is 59.7 Å². The molecule has 1 aromatic carbocycles. The molecule has 0 spiro atoms. The summed E-state index contributed by atoms with van der Waals surface area (Å²) in [6.45, 7) is 13.1. The van der Waals surface area contributed by atoms with Gasteiger partial charge in [-0.15, -0.1) is 24.0 Å². The van der Waals surface area contributed by atoms with E-state index in [2.05, 4.69) is 65.3 Å². The minimum Gasteiger partial charge on any atom is -0.374 e. The molecular formula is C22H34IN5O2. The molecule has 2 heterocycles. The van der Waals surface area contributed by atoms with E-state index in [4.69, 9.17) is 14.3 Å². The molecule has 166 valence electrons. The van der Waals surface area contributed by atoms with Crippen molar-refractivity contribution >= 4 is 29.9 Å². The van der Waals surface area contributed by atoms with Gasteiger partial charge in [-0.3, -0.25) is 4.90 Å². The molecule has 7 nitrogen and oxygen atoms in total. The smallest absolute Gasteiger partial charge is 0.194 e. The van der Waals surface area contributed by atoms with Crippen LogP contribution in [0.4, 0.5) is 0 Å². The monoisotopic (exact) mass is 527 g/mol. The first-order chi connectivity index (χ1) is 14.1. The molecule has 0 aliphatic carbocycles. The van der Waals surface area contributed by atoms with Crippen molar-refractivity contribution in [3.8, 4) is 0 Å². The van der Waals surface area contributed by atoms with E-state index in [9.17, 15) is 0 Å². The van der Waals surface area contributed by atoms with Crippen LogP contribution in [0.25, 0.3) is 0 Å². The number of halogens is 1. The lowest BCUT2D eigenvalue weighted by atomic mass is 10.1. The molecular weight excluding hydrogens is 493 g/mol. The Balaban J connectivity index is 0.00000320. The van der Waals surface area contributed by atoms with E-state index < -0.39 is 0 Å². The highest BCUT2D eigenvalue weighted by molar-refractivity contribution is 14.0. The number of ether oxygens (including phenoxy) is 1. The van der Waals surface area contributed by atoms with E-state index in [0.717, 1.165) is 50.9 Å². The van der Waals surface area contributed by atoms with E-state index >= 15 is 0 Å². The summed E-state index contributed by atoms with van der Waals surface area (Å²) in [5.41, 5.74) is 3.39. The van der Waals surface area contributed by atoms with E-state index in [0.29, 0.717) is 13.2 Å². The van der Waals surface area contributed by atoms with Crippen LogP contribution in [0, 0.1) is 0 Å². The third kappa shape index (κ3) is 7.88. The summed E-state index contributed by atoms with van der Waals surface area (Å²) < 4.78 is 10.6. The molecule has 30 heavy (non-hydrogen) atoms. The summed E-state index contributed by atoms with van der Waals surface area (Å²) in [5.74, 6) is 0.987. The molecule has 0 amide bonds. The van der Waals surface area contributed by atoms with Crippen LogP contribution >= 0.6 is 24.0 Å². The van der Waals surface area contributed by atoms with E-state index in [-0.39, 0.29) is 30.1 Å². The maximum absolute atomic E-state index is 5.66. The second-order valence-corrected chi connectivity index (χ2v) is 7.60. The second-order valence-electron chi connectivity index (χ2n) is 7.60. The Morgan fingerprint density at radius 2 is 1.83 bits per heavy atom. The topological polar surface area (TPSA) is 66.1 Å². The highest BCUT2D eigenvalue weighted by Crippen LogP contribution is 2.10.